The summed E-state index contributed by atoms with van der Waals surface area (Å²) in [5.41, 5.74) is 7.24. The standard InChI is InChI=1S/C26H28N2S/c1-3-9-24-21(6-1)11-12-22-7-2-4-10-25(22)26(24)13-14-27-15-17-28(18-16-27)20-23-8-5-19-29-23/h1-10,13,19H,11-12,14-18,20H2. The number of aryl methyl sites for hydroxylation is 2. The third-order valence-corrected chi connectivity index (χ3v) is 7.12. The summed E-state index contributed by atoms with van der Waals surface area (Å²) in [5.74, 6) is 0. The van der Waals surface area contributed by atoms with Crippen molar-refractivity contribution in [1.29, 1.82) is 0 Å². The van der Waals surface area contributed by atoms with Gasteiger partial charge in [0.05, 0.1) is 0 Å². The SMILES string of the molecule is C(CN1CCN(Cc2cccs2)CC1)=C1c2ccccc2CCc2ccccc21. The largest absolute Gasteiger partial charge is 0.297 e. The fourth-order valence-electron chi connectivity index (χ4n) is 4.61. The Morgan fingerprint density at radius 3 is 1.97 bits per heavy atom. The van der Waals surface area contributed by atoms with E-state index in [-0.39, 0.29) is 0 Å². The summed E-state index contributed by atoms with van der Waals surface area (Å²) < 4.78 is 0. The summed E-state index contributed by atoms with van der Waals surface area (Å²) >= 11 is 1.87. The van der Waals surface area contributed by atoms with Gasteiger partial charge in [-0.15, -0.1) is 11.3 Å². The molecule has 1 aliphatic heterocycles. The Balaban J connectivity index is 1.32. The summed E-state index contributed by atoms with van der Waals surface area (Å²) in [6.45, 7) is 6.76. The molecule has 2 aliphatic rings. The summed E-state index contributed by atoms with van der Waals surface area (Å²) in [4.78, 5) is 6.67. The number of benzene rings is 2. The highest BCUT2D eigenvalue weighted by atomic mass is 32.1. The molecule has 3 aromatic rings. The monoisotopic (exact) mass is 400 g/mol. The predicted octanol–water partition coefficient (Wildman–Crippen LogP) is 5.10. The van der Waals surface area contributed by atoms with E-state index in [4.69, 9.17) is 0 Å². The van der Waals surface area contributed by atoms with Gasteiger partial charge in [0.25, 0.3) is 0 Å². The molecular weight excluding hydrogens is 372 g/mol. The third kappa shape index (κ3) is 4.23. The molecule has 2 nitrogen and oxygen atoms in total. The number of hydrogen-bond donors (Lipinski definition) is 0. The van der Waals surface area contributed by atoms with E-state index >= 15 is 0 Å². The number of rotatable bonds is 4. The van der Waals surface area contributed by atoms with Crippen molar-refractivity contribution in [3.8, 4) is 0 Å². The van der Waals surface area contributed by atoms with Crippen molar-refractivity contribution in [1.82, 2.24) is 9.80 Å². The van der Waals surface area contributed by atoms with E-state index < -0.39 is 0 Å². The molecule has 3 heteroatoms. The van der Waals surface area contributed by atoms with Gasteiger partial charge in [0.15, 0.2) is 0 Å². The molecule has 0 atom stereocenters. The Morgan fingerprint density at radius 1 is 0.724 bits per heavy atom. The van der Waals surface area contributed by atoms with Crippen LogP contribution in [0.1, 0.15) is 27.1 Å². The van der Waals surface area contributed by atoms with E-state index in [0.29, 0.717) is 0 Å². The Labute approximate surface area is 178 Å². The van der Waals surface area contributed by atoms with Gasteiger partial charge in [-0.3, -0.25) is 9.80 Å². The maximum absolute atomic E-state index is 2.61. The number of hydrogen-bond acceptors (Lipinski definition) is 3. The molecule has 1 aromatic heterocycles. The third-order valence-electron chi connectivity index (χ3n) is 6.26. The van der Waals surface area contributed by atoms with E-state index in [9.17, 15) is 0 Å². The van der Waals surface area contributed by atoms with Crippen molar-refractivity contribution in [2.45, 2.75) is 19.4 Å². The first-order valence-corrected chi connectivity index (χ1v) is 11.6. The Morgan fingerprint density at radius 2 is 1.34 bits per heavy atom. The maximum atomic E-state index is 2.61. The second kappa shape index (κ2) is 8.66. The van der Waals surface area contributed by atoms with Crippen LogP contribution in [-0.4, -0.2) is 42.5 Å². The van der Waals surface area contributed by atoms with Crippen LogP contribution >= 0.6 is 11.3 Å². The topological polar surface area (TPSA) is 6.48 Å². The van der Waals surface area contributed by atoms with E-state index in [1.54, 1.807) is 0 Å². The highest BCUT2D eigenvalue weighted by Gasteiger charge is 2.19. The number of nitrogens with zero attached hydrogens (tertiary/aromatic N) is 2. The zero-order valence-electron chi connectivity index (χ0n) is 16.9. The number of fused-ring (bicyclic) bond motifs is 2. The lowest BCUT2D eigenvalue weighted by molar-refractivity contribution is 0.138. The van der Waals surface area contributed by atoms with Gasteiger partial charge in [0.2, 0.25) is 0 Å². The lowest BCUT2D eigenvalue weighted by atomic mass is 9.93. The fraction of sp³-hybridized carbons (Fsp3) is 0.308. The van der Waals surface area contributed by atoms with Crippen molar-refractivity contribution in [3.05, 3.63) is 99.3 Å². The molecular formula is C26H28N2S. The van der Waals surface area contributed by atoms with Gasteiger partial charge in [-0.05, 0) is 52.1 Å². The summed E-state index contributed by atoms with van der Waals surface area (Å²) in [6, 6.07) is 22.4. The molecule has 2 heterocycles. The van der Waals surface area contributed by atoms with Crippen molar-refractivity contribution in [3.63, 3.8) is 0 Å². The first-order chi connectivity index (χ1) is 14.4. The summed E-state index contributed by atoms with van der Waals surface area (Å²) in [5, 5.41) is 2.18. The second-order valence-electron chi connectivity index (χ2n) is 8.09. The molecule has 1 aliphatic carbocycles. The first-order valence-electron chi connectivity index (χ1n) is 10.7. The van der Waals surface area contributed by atoms with E-state index in [2.05, 4.69) is 81.9 Å². The second-order valence-corrected chi connectivity index (χ2v) is 9.12. The normalized spacial score (nSPS) is 17.4. The summed E-state index contributed by atoms with van der Waals surface area (Å²) in [6.07, 6.45) is 4.75. The Bertz CT molecular complexity index is 932. The van der Waals surface area contributed by atoms with Crippen LogP contribution in [0.25, 0.3) is 5.57 Å². The zero-order valence-corrected chi connectivity index (χ0v) is 17.7. The average molecular weight is 401 g/mol. The molecule has 148 valence electrons. The molecule has 1 fully saturated rings. The molecule has 0 radical (unpaired) electrons. The number of thiophene rings is 1. The molecule has 1 saturated heterocycles. The molecule has 2 aromatic carbocycles. The van der Waals surface area contributed by atoms with Crippen LogP contribution in [0, 0.1) is 0 Å². The van der Waals surface area contributed by atoms with Crippen molar-refractivity contribution < 1.29 is 0 Å². The van der Waals surface area contributed by atoms with Gasteiger partial charge in [-0.1, -0.05) is 60.7 Å². The minimum Gasteiger partial charge on any atom is -0.297 e. The minimum atomic E-state index is 1.03. The fourth-order valence-corrected chi connectivity index (χ4v) is 5.36. The van der Waals surface area contributed by atoms with Gasteiger partial charge >= 0.3 is 0 Å². The Hall–Kier alpha value is -2.20. The molecule has 0 N–H and O–H groups in total. The Kier molecular flexibility index (Phi) is 5.62. The van der Waals surface area contributed by atoms with Crippen molar-refractivity contribution in [2.75, 3.05) is 32.7 Å². The highest BCUT2D eigenvalue weighted by Crippen LogP contribution is 2.33. The smallest absolute Gasteiger partial charge is 0.0328 e. The lowest BCUT2D eigenvalue weighted by Crippen LogP contribution is -2.45. The van der Waals surface area contributed by atoms with Crippen LogP contribution in [0.3, 0.4) is 0 Å². The van der Waals surface area contributed by atoms with Gasteiger partial charge < -0.3 is 0 Å². The minimum absolute atomic E-state index is 1.03. The zero-order chi connectivity index (χ0) is 19.5. The van der Waals surface area contributed by atoms with Crippen LogP contribution < -0.4 is 0 Å². The van der Waals surface area contributed by atoms with Crippen LogP contribution in [0.2, 0.25) is 0 Å². The molecule has 0 bridgehead atoms. The predicted molar refractivity (Wildman–Crippen MR) is 123 cm³/mol. The number of piperazine rings is 1. The molecule has 0 amide bonds. The summed E-state index contributed by atoms with van der Waals surface area (Å²) in [7, 11) is 0. The highest BCUT2D eigenvalue weighted by molar-refractivity contribution is 7.09. The molecule has 0 unspecified atom stereocenters. The van der Waals surface area contributed by atoms with Crippen LogP contribution in [0.4, 0.5) is 0 Å². The van der Waals surface area contributed by atoms with Crippen molar-refractivity contribution in [2.24, 2.45) is 0 Å². The van der Waals surface area contributed by atoms with E-state index in [1.165, 1.54) is 32.7 Å². The van der Waals surface area contributed by atoms with Gasteiger partial charge in [-0.25, -0.2) is 0 Å². The van der Waals surface area contributed by atoms with Crippen LogP contribution in [0.5, 0.6) is 0 Å². The molecule has 29 heavy (non-hydrogen) atoms. The lowest BCUT2D eigenvalue weighted by Gasteiger charge is -2.34. The van der Waals surface area contributed by atoms with E-state index in [1.807, 2.05) is 11.3 Å². The van der Waals surface area contributed by atoms with Gasteiger partial charge in [0, 0.05) is 44.1 Å². The van der Waals surface area contributed by atoms with E-state index in [0.717, 1.165) is 52.1 Å². The molecule has 0 spiro atoms. The van der Waals surface area contributed by atoms with Crippen LogP contribution in [0.15, 0.2) is 72.1 Å². The van der Waals surface area contributed by atoms with Gasteiger partial charge in [-0.2, -0.15) is 0 Å². The first kappa shape index (κ1) is 18.8. The van der Waals surface area contributed by atoms with Gasteiger partial charge in [0.1, 0.15) is 0 Å². The quantitative estimate of drug-likeness (QED) is 0.601. The average Bonchev–Trinajstić information content (AvgIpc) is 3.22. The maximum Gasteiger partial charge on any atom is 0.0328 e. The van der Waals surface area contributed by atoms with Crippen LogP contribution in [-0.2, 0) is 19.4 Å². The molecule has 0 saturated carbocycles. The molecule has 5 rings (SSSR count). The van der Waals surface area contributed by atoms with Crippen molar-refractivity contribution >= 4 is 16.9 Å².